The van der Waals surface area contributed by atoms with Gasteiger partial charge in [-0.15, -0.1) is 0 Å². The Bertz CT molecular complexity index is 724. The van der Waals surface area contributed by atoms with E-state index in [2.05, 4.69) is 39.9 Å². The van der Waals surface area contributed by atoms with Gasteiger partial charge in [-0.05, 0) is 37.1 Å². The van der Waals surface area contributed by atoms with Crippen molar-refractivity contribution in [2.75, 3.05) is 28.4 Å². The molecule has 1 fully saturated rings. The minimum Gasteiger partial charge on any atom is -0.491 e. The average Bonchev–Trinajstić information content (AvgIpc) is 3.14. The van der Waals surface area contributed by atoms with Crippen LogP contribution in [0.15, 0.2) is 36.5 Å². The standard InChI is InChI=1S/C21H29N3O3/c1-22-18-10-17(11-19(18)25-2)23-12-14-5-7-15(8-6-14)16-9-20(26-3)21(27-4)24-13-16/h5-9,13,17-19,22-23H,10-12H2,1-4H3/t17-,18+,19+/m1/s1. The molecule has 0 radical (unpaired) electrons. The van der Waals surface area contributed by atoms with E-state index in [9.17, 15) is 0 Å². The van der Waals surface area contributed by atoms with E-state index >= 15 is 0 Å². The number of rotatable bonds is 8. The molecule has 1 aromatic heterocycles. The van der Waals surface area contributed by atoms with Crippen LogP contribution >= 0.6 is 0 Å². The van der Waals surface area contributed by atoms with E-state index in [1.807, 2.05) is 13.1 Å². The fourth-order valence-electron chi connectivity index (χ4n) is 3.70. The highest BCUT2D eigenvalue weighted by molar-refractivity contribution is 5.65. The van der Waals surface area contributed by atoms with E-state index in [1.165, 1.54) is 5.56 Å². The molecule has 0 amide bonds. The molecule has 1 aromatic carbocycles. The number of pyridine rings is 1. The van der Waals surface area contributed by atoms with Crippen LogP contribution in [0.4, 0.5) is 0 Å². The van der Waals surface area contributed by atoms with E-state index in [4.69, 9.17) is 14.2 Å². The quantitative estimate of drug-likeness (QED) is 0.744. The Kier molecular flexibility index (Phi) is 6.66. The zero-order chi connectivity index (χ0) is 19.2. The van der Waals surface area contributed by atoms with Crippen LogP contribution < -0.4 is 20.1 Å². The number of methoxy groups -OCH3 is 3. The molecule has 6 nitrogen and oxygen atoms in total. The molecule has 2 aromatic rings. The Morgan fingerprint density at radius 2 is 1.81 bits per heavy atom. The Morgan fingerprint density at radius 1 is 1.04 bits per heavy atom. The first-order valence-electron chi connectivity index (χ1n) is 9.29. The molecule has 0 aliphatic heterocycles. The fraction of sp³-hybridized carbons (Fsp3) is 0.476. The first kappa shape index (κ1) is 19.6. The highest BCUT2D eigenvalue weighted by Crippen LogP contribution is 2.30. The van der Waals surface area contributed by atoms with Crippen molar-refractivity contribution in [3.05, 3.63) is 42.1 Å². The second kappa shape index (κ2) is 9.17. The maximum Gasteiger partial charge on any atom is 0.256 e. The highest BCUT2D eigenvalue weighted by Gasteiger charge is 2.32. The number of aromatic nitrogens is 1. The third-order valence-corrected chi connectivity index (χ3v) is 5.29. The molecule has 27 heavy (non-hydrogen) atoms. The SMILES string of the molecule is CN[C@H]1C[C@@H](NCc2ccc(-c3cnc(OC)c(OC)c3)cc2)C[C@@H]1OC. The number of ether oxygens (including phenoxy) is 3. The number of likely N-dealkylation sites (N-methyl/N-ethyl adjacent to an activating group) is 1. The van der Waals surface area contributed by atoms with E-state index in [-0.39, 0.29) is 6.10 Å². The summed E-state index contributed by atoms with van der Waals surface area (Å²) in [7, 11) is 7.00. The largest absolute Gasteiger partial charge is 0.491 e. The van der Waals surface area contributed by atoms with E-state index < -0.39 is 0 Å². The van der Waals surface area contributed by atoms with Gasteiger partial charge in [-0.2, -0.15) is 0 Å². The van der Waals surface area contributed by atoms with Crippen molar-refractivity contribution < 1.29 is 14.2 Å². The molecule has 1 saturated carbocycles. The molecule has 0 spiro atoms. The number of benzene rings is 1. The van der Waals surface area contributed by atoms with E-state index in [0.717, 1.165) is 30.5 Å². The molecule has 6 heteroatoms. The Balaban J connectivity index is 1.61. The van der Waals surface area contributed by atoms with Gasteiger partial charge in [0.1, 0.15) is 0 Å². The molecular formula is C21H29N3O3. The number of hydrogen-bond acceptors (Lipinski definition) is 6. The van der Waals surface area contributed by atoms with Gasteiger partial charge >= 0.3 is 0 Å². The van der Waals surface area contributed by atoms with Crippen LogP contribution in [0.2, 0.25) is 0 Å². The second-order valence-electron chi connectivity index (χ2n) is 6.85. The van der Waals surface area contributed by atoms with Crippen LogP contribution in [0.25, 0.3) is 11.1 Å². The summed E-state index contributed by atoms with van der Waals surface area (Å²) >= 11 is 0. The molecule has 3 rings (SSSR count). The first-order chi connectivity index (χ1) is 13.2. The maximum absolute atomic E-state index is 5.57. The van der Waals surface area contributed by atoms with E-state index in [1.54, 1.807) is 27.5 Å². The van der Waals surface area contributed by atoms with Crippen molar-refractivity contribution in [1.82, 2.24) is 15.6 Å². The predicted molar refractivity (Wildman–Crippen MR) is 106 cm³/mol. The van der Waals surface area contributed by atoms with Gasteiger partial charge in [-0.25, -0.2) is 4.98 Å². The minimum atomic E-state index is 0.285. The van der Waals surface area contributed by atoms with Crippen molar-refractivity contribution in [2.24, 2.45) is 0 Å². The highest BCUT2D eigenvalue weighted by atomic mass is 16.5. The third kappa shape index (κ3) is 4.58. The average molecular weight is 371 g/mol. The summed E-state index contributed by atoms with van der Waals surface area (Å²) in [4.78, 5) is 4.31. The summed E-state index contributed by atoms with van der Waals surface area (Å²) in [5.74, 6) is 1.13. The van der Waals surface area contributed by atoms with Gasteiger partial charge in [0.25, 0.3) is 5.88 Å². The van der Waals surface area contributed by atoms with Crippen LogP contribution in [0.5, 0.6) is 11.6 Å². The van der Waals surface area contributed by atoms with Crippen molar-refractivity contribution in [2.45, 2.75) is 37.6 Å². The molecule has 3 atom stereocenters. The second-order valence-corrected chi connectivity index (χ2v) is 6.85. The molecular weight excluding hydrogens is 342 g/mol. The summed E-state index contributed by atoms with van der Waals surface area (Å²) in [6.45, 7) is 0.849. The van der Waals surface area contributed by atoms with Gasteiger partial charge in [0, 0.05) is 37.5 Å². The summed E-state index contributed by atoms with van der Waals surface area (Å²) in [6, 6.07) is 11.4. The molecule has 146 valence electrons. The zero-order valence-corrected chi connectivity index (χ0v) is 16.5. The van der Waals surface area contributed by atoms with Gasteiger partial charge in [0.15, 0.2) is 5.75 Å². The smallest absolute Gasteiger partial charge is 0.256 e. The van der Waals surface area contributed by atoms with Crippen LogP contribution in [0.1, 0.15) is 18.4 Å². The van der Waals surface area contributed by atoms with Gasteiger partial charge in [0.2, 0.25) is 0 Å². The lowest BCUT2D eigenvalue weighted by molar-refractivity contribution is 0.0862. The minimum absolute atomic E-state index is 0.285. The van der Waals surface area contributed by atoms with Gasteiger partial charge < -0.3 is 24.8 Å². The molecule has 1 aliphatic carbocycles. The van der Waals surface area contributed by atoms with Gasteiger partial charge in [-0.3, -0.25) is 0 Å². The van der Waals surface area contributed by atoms with Crippen LogP contribution in [-0.2, 0) is 11.3 Å². The number of nitrogens with one attached hydrogen (secondary N) is 2. The monoisotopic (exact) mass is 371 g/mol. The third-order valence-electron chi connectivity index (χ3n) is 5.29. The zero-order valence-electron chi connectivity index (χ0n) is 16.5. The lowest BCUT2D eigenvalue weighted by Crippen LogP contribution is -2.34. The van der Waals surface area contributed by atoms with Gasteiger partial charge in [-0.1, -0.05) is 24.3 Å². The van der Waals surface area contributed by atoms with Crippen LogP contribution in [0, 0.1) is 0 Å². The maximum atomic E-state index is 5.57. The van der Waals surface area contributed by atoms with Crippen LogP contribution in [-0.4, -0.2) is 51.5 Å². The topological polar surface area (TPSA) is 64.6 Å². The number of nitrogens with zero attached hydrogens (tertiary/aromatic N) is 1. The van der Waals surface area contributed by atoms with E-state index in [0.29, 0.717) is 23.7 Å². The lowest BCUT2D eigenvalue weighted by atomic mass is 10.1. The molecule has 0 saturated heterocycles. The normalized spacial score (nSPS) is 22.0. The summed E-state index contributed by atoms with van der Waals surface area (Å²) in [5, 5.41) is 7.00. The van der Waals surface area contributed by atoms with Crippen molar-refractivity contribution >= 4 is 0 Å². The summed E-state index contributed by atoms with van der Waals surface area (Å²) in [5.41, 5.74) is 3.36. The first-order valence-corrected chi connectivity index (χ1v) is 9.29. The van der Waals surface area contributed by atoms with Gasteiger partial charge in [0.05, 0.1) is 20.3 Å². The van der Waals surface area contributed by atoms with Crippen molar-refractivity contribution in [3.8, 4) is 22.8 Å². The predicted octanol–water partition coefficient (Wildman–Crippen LogP) is 2.62. The summed E-state index contributed by atoms with van der Waals surface area (Å²) in [6.07, 6.45) is 4.21. The van der Waals surface area contributed by atoms with Crippen molar-refractivity contribution in [1.29, 1.82) is 0 Å². The number of hydrogen-bond donors (Lipinski definition) is 2. The van der Waals surface area contributed by atoms with Crippen molar-refractivity contribution in [3.63, 3.8) is 0 Å². The Hall–Kier alpha value is -2.15. The molecule has 1 aliphatic rings. The summed E-state index contributed by atoms with van der Waals surface area (Å²) < 4.78 is 16.1. The fourth-order valence-corrected chi connectivity index (χ4v) is 3.70. The Morgan fingerprint density at radius 3 is 2.41 bits per heavy atom. The molecule has 0 unspecified atom stereocenters. The molecule has 0 bridgehead atoms. The van der Waals surface area contributed by atoms with Crippen LogP contribution in [0.3, 0.4) is 0 Å². The molecule has 1 heterocycles. The molecule has 2 N–H and O–H groups in total. The Labute approximate surface area is 161 Å². The lowest BCUT2D eigenvalue weighted by Gasteiger charge is -2.15.